The van der Waals surface area contributed by atoms with E-state index < -0.39 is 42.9 Å². The molecule has 4 N–H and O–H groups in total. The van der Waals surface area contributed by atoms with Crippen molar-refractivity contribution >= 4 is 34.9 Å². The van der Waals surface area contributed by atoms with Gasteiger partial charge in [0, 0.05) is 21.2 Å². The molecule has 2 aliphatic heterocycles. The summed E-state index contributed by atoms with van der Waals surface area (Å²) in [6, 6.07) is 12.2. The van der Waals surface area contributed by atoms with E-state index in [-0.39, 0.29) is 5.82 Å². The van der Waals surface area contributed by atoms with Crippen molar-refractivity contribution in [2.45, 2.75) is 43.9 Å². The zero-order valence-electron chi connectivity index (χ0n) is 18.6. The van der Waals surface area contributed by atoms with Crippen LogP contribution in [0, 0.1) is 6.92 Å². The highest BCUT2D eigenvalue weighted by Gasteiger charge is 2.48. The topological polar surface area (TPSA) is 160 Å². The van der Waals surface area contributed by atoms with Gasteiger partial charge in [-0.2, -0.15) is 0 Å². The van der Waals surface area contributed by atoms with Gasteiger partial charge >= 0.3 is 5.97 Å². The lowest BCUT2D eigenvalue weighted by Crippen LogP contribution is -2.60. The summed E-state index contributed by atoms with van der Waals surface area (Å²) in [4.78, 5) is 16.3. The Morgan fingerprint density at radius 2 is 1.78 bits per heavy atom. The molecule has 6 atom stereocenters. The fraction of sp³-hybridized carbons (Fsp3) is 0.304. The van der Waals surface area contributed by atoms with Crippen LogP contribution in [0.5, 0.6) is 0 Å². The van der Waals surface area contributed by atoms with E-state index in [2.05, 4.69) is 10.2 Å². The summed E-state index contributed by atoms with van der Waals surface area (Å²) in [5.41, 5.74) is 2.16. The van der Waals surface area contributed by atoms with E-state index >= 15 is 0 Å². The molecule has 2 aromatic carbocycles. The SMILES string of the molecule is Cc1nnc2n1-c1ccc(Cl)cc1C(c1ccccc1Cl)=N[C@H]2O[C@H]1O[C@@H](C(=O)O)[C@H](O)[C@@H](O)[C@@H]1O. The van der Waals surface area contributed by atoms with Crippen LogP contribution in [0.25, 0.3) is 5.69 Å². The molecule has 0 radical (unpaired) electrons. The van der Waals surface area contributed by atoms with Crippen molar-refractivity contribution in [1.29, 1.82) is 0 Å². The molecular formula is C23H20Cl2N4O7. The van der Waals surface area contributed by atoms with Crippen molar-refractivity contribution in [2.24, 2.45) is 4.99 Å². The summed E-state index contributed by atoms with van der Waals surface area (Å²) < 4.78 is 12.9. The molecule has 0 aliphatic carbocycles. The number of aryl methyl sites for hydroxylation is 1. The van der Waals surface area contributed by atoms with Crippen LogP contribution in [0.1, 0.15) is 29.0 Å². The van der Waals surface area contributed by atoms with Crippen LogP contribution in [0.4, 0.5) is 0 Å². The van der Waals surface area contributed by atoms with Gasteiger partial charge in [-0.05, 0) is 31.2 Å². The standard InChI is InChI=1S/C23H20Cl2N4O7/c1-9-27-28-20-21(36-23-18(32)16(30)17(31)19(35-23)22(33)34)26-15(11-4-2-3-5-13(11)25)12-8-10(24)6-7-14(12)29(9)20/h2-8,16-19,21,23,30-32H,1H3,(H,33,34)/t16-,17-,18+,19-,21+,23-/m1/s1. The molecule has 0 amide bonds. The molecular weight excluding hydrogens is 515 g/mol. The molecule has 5 rings (SSSR count). The molecule has 3 aromatic rings. The van der Waals surface area contributed by atoms with Gasteiger partial charge in [0.1, 0.15) is 24.1 Å². The number of carboxylic acid groups (broad SMARTS) is 1. The van der Waals surface area contributed by atoms with E-state index in [1.54, 1.807) is 54.0 Å². The molecule has 11 nitrogen and oxygen atoms in total. The van der Waals surface area contributed by atoms with E-state index in [4.69, 9.17) is 37.7 Å². The highest BCUT2D eigenvalue weighted by atomic mass is 35.5. The van der Waals surface area contributed by atoms with Gasteiger partial charge in [0.2, 0.25) is 6.23 Å². The summed E-state index contributed by atoms with van der Waals surface area (Å²) in [6.45, 7) is 1.72. The molecule has 1 aromatic heterocycles. The quantitative estimate of drug-likeness (QED) is 0.390. The molecule has 3 heterocycles. The first-order valence-corrected chi connectivity index (χ1v) is 11.6. The summed E-state index contributed by atoms with van der Waals surface area (Å²) in [5.74, 6) is -0.854. The zero-order valence-corrected chi connectivity index (χ0v) is 20.1. The van der Waals surface area contributed by atoms with E-state index in [0.717, 1.165) is 0 Å². The van der Waals surface area contributed by atoms with Crippen molar-refractivity contribution in [3.63, 3.8) is 0 Å². The van der Waals surface area contributed by atoms with Crippen LogP contribution < -0.4 is 0 Å². The van der Waals surface area contributed by atoms with Crippen LogP contribution in [-0.4, -0.2) is 77.6 Å². The smallest absolute Gasteiger partial charge is 0.335 e. The third kappa shape index (κ3) is 4.18. The van der Waals surface area contributed by atoms with Gasteiger partial charge in [-0.25, -0.2) is 9.79 Å². The number of aromatic nitrogens is 3. The fourth-order valence-electron chi connectivity index (χ4n) is 4.22. The number of benzene rings is 2. The van der Waals surface area contributed by atoms with Gasteiger partial charge in [-0.15, -0.1) is 10.2 Å². The second-order valence-corrected chi connectivity index (χ2v) is 9.13. The van der Waals surface area contributed by atoms with Crippen LogP contribution in [-0.2, 0) is 14.3 Å². The number of nitrogens with zero attached hydrogens (tertiary/aromatic N) is 4. The van der Waals surface area contributed by atoms with Crippen LogP contribution in [0.3, 0.4) is 0 Å². The minimum absolute atomic E-state index is 0.196. The van der Waals surface area contributed by atoms with Gasteiger partial charge in [0.25, 0.3) is 0 Å². The largest absolute Gasteiger partial charge is 0.479 e. The number of halogens is 2. The average Bonchev–Trinajstić information content (AvgIpc) is 3.17. The Balaban J connectivity index is 1.66. The maximum Gasteiger partial charge on any atom is 0.335 e. The van der Waals surface area contributed by atoms with E-state index in [9.17, 15) is 25.2 Å². The van der Waals surface area contributed by atoms with Gasteiger partial charge in [-0.1, -0.05) is 41.4 Å². The predicted octanol–water partition coefficient (Wildman–Crippen LogP) is 1.64. The number of carboxylic acids is 1. The van der Waals surface area contributed by atoms with Crippen molar-refractivity contribution in [3.05, 3.63) is 75.3 Å². The first-order chi connectivity index (χ1) is 17.2. The molecule has 1 fully saturated rings. The third-order valence-corrected chi connectivity index (χ3v) is 6.54. The minimum Gasteiger partial charge on any atom is -0.479 e. The Kier molecular flexibility index (Phi) is 6.55. The molecule has 13 heteroatoms. The second kappa shape index (κ2) is 9.52. The Hall–Kier alpha value is -2.90. The highest BCUT2D eigenvalue weighted by molar-refractivity contribution is 6.36. The molecule has 0 bridgehead atoms. The number of fused-ring (bicyclic) bond motifs is 3. The molecule has 0 spiro atoms. The number of aliphatic hydroxyl groups excluding tert-OH is 3. The molecule has 36 heavy (non-hydrogen) atoms. The summed E-state index contributed by atoms with van der Waals surface area (Å²) in [7, 11) is 0. The number of carbonyl (C=O) groups is 1. The Bertz CT molecular complexity index is 1360. The van der Waals surface area contributed by atoms with Crippen molar-refractivity contribution in [3.8, 4) is 5.69 Å². The number of rotatable bonds is 4. The van der Waals surface area contributed by atoms with E-state index in [0.29, 0.717) is 38.4 Å². The third-order valence-electron chi connectivity index (χ3n) is 5.98. The van der Waals surface area contributed by atoms with E-state index in [1.807, 2.05) is 0 Å². The van der Waals surface area contributed by atoms with Crippen LogP contribution in [0.2, 0.25) is 10.0 Å². The lowest BCUT2D eigenvalue weighted by Gasteiger charge is -2.39. The average molecular weight is 535 g/mol. The normalized spacial score (nSPS) is 27.6. The molecule has 1 saturated heterocycles. The Labute approximate surface area is 214 Å². The first-order valence-electron chi connectivity index (χ1n) is 10.8. The monoisotopic (exact) mass is 534 g/mol. The summed E-state index contributed by atoms with van der Waals surface area (Å²) >= 11 is 12.8. The second-order valence-electron chi connectivity index (χ2n) is 8.28. The number of hydrogen-bond acceptors (Lipinski definition) is 9. The van der Waals surface area contributed by atoms with Gasteiger partial charge in [-0.3, -0.25) is 4.57 Å². The Morgan fingerprint density at radius 3 is 2.50 bits per heavy atom. The number of aliphatic carboxylic acids is 1. The summed E-state index contributed by atoms with van der Waals surface area (Å²) in [6.07, 6.45) is -10.3. The summed E-state index contributed by atoms with van der Waals surface area (Å²) in [5, 5.41) is 49.3. The lowest BCUT2D eigenvalue weighted by molar-refractivity contribution is -0.305. The van der Waals surface area contributed by atoms with Crippen molar-refractivity contribution in [2.75, 3.05) is 0 Å². The molecule has 0 unspecified atom stereocenters. The molecule has 188 valence electrons. The number of aliphatic imine (C=N–C) groups is 1. The molecule has 2 aliphatic rings. The number of hydrogen-bond donors (Lipinski definition) is 4. The van der Waals surface area contributed by atoms with Crippen LogP contribution in [0.15, 0.2) is 47.5 Å². The highest BCUT2D eigenvalue weighted by Crippen LogP contribution is 2.36. The maximum atomic E-state index is 11.6. The zero-order chi connectivity index (χ0) is 25.7. The van der Waals surface area contributed by atoms with Crippen molar-refractivity contribution < 1.29 is 34.7 Å². The predicted molar refractivity (Wildman–Crippen MR) is 126 cm³/mol. The van der Waals surface area contributed by atoms with Crippen molar-refractivity contribution in [1.82, 2.24) is 14.8 Å². The van der Waals surface area contributed by atoms with Gasteiger partial charge in [0.05, 0.1) is 11.4 Å². The van der Waals surface area contributed by atoms with Crippen LogP contribution >= 0.6 is 23.2 Å². The minimum atomic E-state index is -1.87. The first kappa shape index (κ1) is 24.8. The fourth-order valence-corrected chi connectivity index (χ4v) is 4.62. The Morgan fingerprint density at radius 1 is 1.03 bits per heavy atom. The van der Waals surface area contributed by atoms with Gasteiger partial charge < -0.3 is 29.9 Å². The maximum absolute atomic E-state index is 11.6. The number of aliphatic hydroxyl groups is 3. The molecule has 0 saturated carbocycles. The lowest BCUT2D eigenvalue weighted by atomic mass is 9.99. The van der Waals surface area contributed by atoms with E-state index in [1.165, 1.54) is 0 Å². The van der Waals surface area contributed by atoms with Gasteiger partial charge in [0.15, 0.2) is 18.2 Å². The number of ether oxygens (including phenoxy) is 2.